The van der Waals surface area contributed by atoms with Crippen LogP contribution in [0, 0.1) is 6.92 Å². The molecule has 2 aliphatic rings. The van der Waals surface area contributed by atoms with E-state index in [0.29, 0.717) is 23.2 Å². The number of carbonyl (C=O) groups is 1. The fourth-order valence-electron chi connectivity index (χ4n) is 5.04. The number of aromatic nitrogens is 2. The Morgan fingerprint density at radius 2 is 1.78 bits per heavy atom. The van der Waals surface area contributed by atoms with Gasteiger partial charge in [-0.3, -0.25) is 4.79 Å². The minimum absolute atomic E-state index is 0.104. The molecular weight excluding hydrogens is 474 g/mol. The zero-order chi connectivity index (χ0) is 24.9. The van der Waals surface area contributed by atoms with E-state index in [1.54, 1.807) is 24.3 Å². The van der Waals surface area contributed by atoms with Crippen LogP contribution < -0.4 is 19.7 Å². The monoisotopic (exact) mass is 505 g/mol. The van der Waals surface area contributed by atoms with Crippen LogP contribution in [0.2, 0.25) is 0 Å². The van der Waals surface area contributed by atoms with E-state index in [-0.39, 0.29) is 12.5 Å². The maximum Gasteiger partial charge on any atom is 0.262 e. The van der Waals surface area contributed by atoms with Crippen LogP contribution in [0.15, 0.2) is 42.5 Å². The van der Waals surface area contributed by atoms with Crippen molar-refractivity contribution in [3.63, 3.8) is 0 Å². The van der Waals surface area contributed by atoms with E-state index in [9.17, 15) is 4.79 Å². The molecule has 0 bridgehead atoms. The highest BCUT2D eigenvalue weighted by Crippen LogP contribution is 2.27. The Labute approximate surface area is 216 Å². The SMILES string of the molecule is Cc1nc(N2CCC(N3CCCC3)CC2)nc2ccc(NC(=O)COc3ccc(OC=S)cc3)cc12. The lowest BCUT2D eigenvalue weighted by molar-refractivity contribution is -0.118. The molecule has 36 heavy (non-hydrogen) atoms. The number of likely N-dealkylation sites (tertiary alicyclic amines) is 1. The van der Waals surface area contributed by atoms with Crippen molar-refractivity contribution in [3.8, 4) is 11.5 Å². The van der Waals surface area contributed by atoms with Crippen molar-refractivity contribution in [1.82, 2.24) is 14.9 Å². The van der Waals surface area contributed by atoms with Crippen LogP contribution in [-0.2, 0) is 4.79 Å². The van der Waals surface area contributed by atoms with Crippen molar-refractivity contribution in [2.24, 2.45) is 0 Å². The molecule has 9 heteroatoms. The zero-order valence-corrected chi connectivity index (χ0v) is 21.3. The lowest BCUT2D eigenvalue weighted by Gasteiger charge is -2.36. The molecule has 3 heterocycles. The van der Waals surface area contributed by atoms with Crippen LogP contribution >= 0.6 is 12.2 Å². The number of rotatable bonds is 8. The number of anilines is 2. The van der Waals surface area contributed by atoms with Gasteiger partial charge >= 0.3 is 0 Å². The first-order valence-corrected chi connectivity index (χ1v) is 13.0. The first-order valence-electron chi connectivity index (χ1n) is 12.5. The Hall–Kier alpha value is -3.30. The number of aryl methyl sites for hydroxylation is 1. The van der Waals surface area contributed by atoms with E-state index >= 15 is 0 Å². The Morgan fingerprint density at radius 1 is 1.06 bits per heavy atom. The predicted molar refractivity (Wildman–Crippen MR) is 145 cm³/mol. The van der Waals surface area contributed by atoms with Crippen molar-refractivity contribution in [2.45, 2.75) is 38.6 Å². The molecule has 2 saturated heterocycles. The maximum absolute atomic E-state index is 12.4. The molecule has 0 spiro atoms. The van der Waals surface area contributed by atoms with Crippen LogP contribution in [0.3, 0.4) is 0 Å². The van der Waals surface area contributed by atoms with Gasteiger partial charge in [-0.2, -0.15) is 0 Å². The summed E-state index contributed by atoms with van der Waals surface area (Å²) in [5.41, 5.74) is 3.67. The normalized spacial score (nSPS) is 16.8. The van der Waals surface area contributed by atoms with Crippen LogP contribution in [0.4, 0.5) is 11.6 Å². The van der Waals surface area contributed by atoms with Gasteiger partial charge in [0.2, 0.25) is 5.95 Å². The number of fused-ring (bicyclic) bond motifs is 1. The maximum atomic E-state index is 12.4. The van der Waals surface area contributed by atoms with E-state index in [1.165, 1.54) is 44.3 Å². The van der Waals surface area contributed by atoms with E-state index in [0.717, 1.165) is 35.6 Å². The molecule has 2 aliphatic heterocycles. The number of thiocarbonyl (C=S) groups is 1. The number of hydrogen-bond donors (Lipinski definition) is 1. The third-order valence-corrected chi connectivity index (χ3v) is 7.04. The minimum Gasteiger partial charge on any atom is -0.484 e. The van der Waals surface area contributed by atoms with Gasteiger partial charge in [0, 0.05) is 30.2 Å². The average Bonchev–Trinajstić information content (AvgIpc) is 3.44. The number of ether oxygens (including phenoxy) is 2. The molecule has 1 N–H and O–H groups in total. The smallest absolute Gasteiger partial charge is 0.262 e. The third-order valence-electron chi connectivity index (χ3n) is 6.94. The molecule has 8 nitrogen and oxygen atoms in total. The second-order valence-electron chi connectivity index (χ2n) is 9.32. The number of benzene rings is 2. The van der Waals surface area contributed by atoms with Crippen LogP contribution in [0.25, 0.3) is 10.9 Å². The van der Waals surface area contributed by atoms with Crippen molar-refractivity contribution in [1.29, 1.82) is 0 Å². The standard InChI is InChI=1S/C27H31N5O3S/c1-19-24-16-20(29-26(33)17-34-22-5-7-23(8-6-22)35-18-36)4-9-25(24)30-27(28-19)32-14-10-21(11-15-32)31-12-2-3-13-31/h4-9,16,18,21H,2-3,10-15,17H2,1H3,(H,29,33). The average molecular weight is 506 g/mol. The molecule has 5 rings (SSSR count). The molecule has 188 valence electrons. The zero-order valence-electron chi connectivity index (χ0n) is 20.5. The van der Waals surface area contributed by atoms with Crippen LogP contribution in [0.5, 0.6) is 11.5 Å². The molecule has 1 amide bonds. The van der Waals surface area contributed by atoms with E-state index in [1.807, 2.05) is 25.1 Å². The van der Waals surface area contributed by atoms with Gasteiger partial charge in [0.05, 0.1) is 11.2 Å². The number of nitrogens with zero attached hydrogens (tertiary/aromatic N) is 4. The molecular formula is C27H31N5O3S. The molecule has 0 unspecified atom stereocenters. The number of piperidine rings is 1. The van der Waals surface area contributed by atoms with Gasteiger partial charge < -0.3 is 24.6 Å². The Morgan fingerprint density at radius 3 is 2.50 bits per heavy atom. The van der Waals surface area contributed by atoms with Crippen molar-refractivity contribution in [3.05, 3.63) is 48.2 Å². The molecule has 2 fully saturated rings. The summed E-state index contributed by atoms with van der Waals surface area (Å²) >= 11 is 4.67. The van der Waals surface area contributed by atoms with Gasteiger partial charge in [0.1, 0.15) is 11.5 Å². The Balaban J connectivity index is 1.19. The Kier molecular flexibility index (Phi) is 7.58. The number of hydrogen-bond acceptors (Lipinski definition) is 8. The predicted octanol–water partition coefficient (Wildman–Crippen LogP) is 4.36. The highest BCUT2D eigenvalue weighted by atomic mass is 32.1. The summed E-state index contributed by atoms with van der Waals surface area (Å²) in [6.07, 6.45) is 5.00. The second-order valence-corrected chi connectivity index (χ2v) is 9.52. The molecule has 3 aromatic rings. The molecule has 0 radical (unpaired) electrons. The number of amides is 1. The summed E-state index contributed by atoms with van der Waals surface area (Å²) in [7, 11) is 0. The quantitative estimate of drug-likeness (QED) is 0.453. The topological polar surface area (TPSA) is 79.8 Å². The van der Waals surface area contributed by atoms with Gasteiger partial charge in [-0.1, -0.05) is 0 Å². The summed E-state index contributed by atoms with van der Waals surface area (Å²) in [4.78, 5) is 27.0. The largest absolute Gasteiger partial charge is 0.484 e. The van der Waals surface area contributed by atoms with Gasteiger partial charge in [-0.25, -0.2) is 9.97 Å². The second kappa shape index (κ2) is 11.2. The van der Waals surface area contributed by atoms with Gasteiger partial charge in [-0.05, 0) is 100 Å². The van der Waals surface area contributed by atoms with Gasteiger partial charge in [0.25, 0.3) is 5.91 Å². The summed E-state index contributed by atoms with van der Waals surface area (Å²) in [6, 6.07) is 13.3. The fraction of sp³-hybridized carbons (Fsp3) is 0.407. The van der Waals surface area contributed by atoms with E-state index in [2.05, 4.69) is 27.3 Å². The number of carbonyl (C=O) groups excluding carboxylic acids is 1. The first-order chi connectivity index (χ1) is 17.6. The van der Waals surface area contributed by atoms with Gasteiger partial charge in [-0.15, -0.1) is 0 Å². The van der Waals surface area contributed by atoms with Crippen molar-refractivity contribution in [2.75, 3.05) is 43.0 Å². The first kappa shape index (κ1) is 24.4. The highest BCUT2D eigenvalue weighted by Gasteiger charge is 2.27. The molecule has 0 saturated carbocycles. The van der Waals surface area contributed by atoms with Crippen LogP contribution in [0.1, 0.15) is 31.4 Å². The van der Waals surface area contributed by atoms with E-state index < -0.39 is 0 Å². The van der Waals surface area contributed by atoms with Crippen molar-refractivity contribution >= 4 is 46.2 Å². The lowest BCUT2D eigenvalue weighted by atomic mass is 10.0. The summed E-state index contributed by atoms with van der Waals surface area (Å²) in [5, 5.41) is 3.82. The summed E-state index contributed by atoms with van der Waals surface area (Å²) in [5.74, 6) is 1.74. The molecule has 1 aromatic heterocycles. The van der Waals surface area contributed by atoms with Crippen molar-refractivity contribution < 1.29 is 14.3 Å². The fourth-order valence-corrected chi connectivity index (χ4v) is 5.15. The van der Waals surface area contributed by atoms with E-state index in [4.69, 9.17) is 19.4 Å². The summed E-state index contributed by atoms with van der Waals surface area (Å²) in [6.45, 7) is 6.37. The summed E-state index contributed by atoms with van der Waals surface area (Å²) < 4.78 is 10.7. The lowest BCUT2D eigenvalue weighted by Crippen LogP contribution is -2.44. The molecule has 2 aromatic carbocycles. The minimum atomic E-state index is -0.246. The Bertz CT molecular complexity index is 1220. The highest BCUT2D eigenvalue weighted by molar-refractivity contribution is 7.78. The molecule has 0 atom stereocenters. The number of nitrogens with one attached hydrogen (secondary N) is 1. The van der Waals surface area contributed by atoms with Gasteiger partial charge in [0.15, 0.2) is 12.2 Å². The third kappa shape index (κ3) is 5.74. The molecule has 0 aliphatic carbocycles. The van der Waals surface area contributed by atoms with Crippen LogP contribution in [-0.4, -0.2) is 65.2 Å².